The lowest BCUT2D eigenvalue weighted by Gasteiger charge is -2.23. The van der Waals surface area contributed by atoms with Crippen LogP contribution in [0.25, 0.3) is 5.65 Å². The fourth-order valence-electron chi connectivity index (χ4n) is 4.10. The number of carbonyl (C=O) groups excluding carboxylic acids is 1. The average molecular weight is 471 g/mol. The summed E-state index contributed by atoms with van der Waals surface area (Å²) in [5.41, 5.74) is 1.92. The summed E-state index contributed by atoms with van der Waals surface area (Å²) in [7, 11) is 0. The average Bonchev–Trinajstić information content (AvgIpc) is 3.42. The number of ether oxygens (including phenoxy) is 2. The van der Waals surface area contributed by atoms with Crippen molar-refractivity contribution in [3.63, 3.8) is 0 Å². The van der Waals surface area contributed by atoms with Gasteiger partial charge in [-0.3, -0.25) is 19.0 Å². The molecule has 0 N–H and O–H groups in total. The number of nitrogens with zero attached hydrogens (tertiary/aromatic N) is 4. The first kappa shape index (κ1) is 22.7. The Balaban J connectivity index is 1.37. The number of hydrogen-bond acceptors (Lipinski definition) is 6. The van der Waals surface area contributed by atoms with Crippen molar-refractivity contribution < 1.29 is 14.3 Å². The van der Waals surface area contributed by atoms with E-state index in [1.807, 2.05) is 36.4 Å². The van der Waals surface area contributed by atoms with Gasteiger partial charge in [-0.1, -0.05) is 24.3 Å². The Morgan fingerprint density at radius 1 is 1.06 bits per heavy atom. The number of aromatic nitrogens is 3. The van der Waals surface area contributed by atoms with E-state index in [0.717, 1.165) is 36.5 Å². The van der Waals surface area contributed by atoms with Crippen molar-refractivity contribution in [2.24, 2.45) is 5.92 Å². The maximum atomic E-state index is 13.6. The molecule has 1 amide bonds. The molecule has 0 saturated carbocycles. The van der Waals surface area contributed by atoms with Crippen molar-refractivity contribution in [3.8, 4) is 5.75 Å². The number of rotatable bonds is 8. The summed E-state index contributed by atoms with van der Waals surface area (Å²) >= 11 is 0. The van der Waals surface area contributed by atoms with Crippen LogP contribution in [0.1, 0.15) is 27.9 Å². The number of benzene rings is 1. The lowest BCUT2D eigenvalue weighted by Crippen LogP contribution is -2.35. The van der Waals surface area contributed by atoms with Crippen LogP contribution < -0.4 is 10.3 Å². The highest BCUT2D eigenvalue weighted by Crippen LogP contribution is 2.19. The Bertz CT molecular complexity index is 1350. The van der Waals surface area contributed by atoms with Gasteiger partial charge in [-0.2, -0.15) is 0 Å². The standard InChI is InChI=1S/C27H26N4O4/c32-26(24-15-29-25-5-1-2-12-31(25)27(24)33)30(17-21-4-3-11-28-14-21)16-20-6-8-23(9-7-20)35-19-22-10-13-34-18-22/h1-9,11-12,14-15,22H,10,13,16-19H2. The van der Waals surface area contributed by atoms with Crippen LogP contribution in [0.4, 0.5) is 0 Å². The first-order valence-corrected chi connectivity index (χ1v) is 11.6. The Kier molecular flexibility index (Phi) is 6.81. The van der Waals surface area contributed by atoms with E-state index in [1.165, 1.54) is 10.6 Å². The normalized spacial score (nSPS) is 15.3. The highest BCUT2D eigenvalue weighted by molar-refractivity contribution is 5.93. The summed E-state index contributed by atoms with van der Waals surface area (Å²) in [6.07, 6.45) is 7.40. The number of carbonyl (C=O) groups is 1. The van der Waals surface area contributed by atoms with Crippen molar-refractivity contribution in [2.45, 2.75) is 19.5 Å². The van der Waals surface area contributed by atoms with Crippen LogP contribution in [0.3, 0.4) is 0 Å². The maximum absolute atomic E-state index is 13.6. The minimum Gasteiger partial charge on any atom is -0.493 e. The predicted octanol–water partition coefficient (Wildman–Crippen LogP) is 3.35. The minimum atomic E-state index is -0.392. The quantitative estimate of drug-likeness (QED) is 0.393. The van der Waals surface area contributed by atoms with Crippen molar-refractivity contribution in [3.05, 3.63) is 106 Å². The summed E-state index contributed by atoms with van der Waals surface area (Å²) in [4.78, 5) is 36.7. The predicted molar refractivity (Wildman–Crippen MR) is 130 cm³/mol. The van der Waals surface area contributed by atoms with Crippen LogP contribution in [0.2, 0.25) is 0 Å². The number of pyridine rings is 2. The van der Waals surface area contributed by atoms with E-state index < -0.39 is 5.56 Å². The molecular formula is C27H26N4O4. The molecular weight excluding hydrogens is 444 g/mol. The van der Waals surface area contributed by atoms with Crippen LogP contribution in [0, 0.1) is 5.92 Å². The van der Waals surface area contributed by atoms with Crippen LogP contribution in [0.5, 0.6) is 5.75 Å². The van der Waals surface area contributed by atoms with E-state index in [0.29, 0.717) is 31.3 Å². The van der Waals surface area contributed by atoms with Crippen LogP contribution in [-0.2, 0) is 17.8 Å². The van der Waals surface area contributed by atoms with Gasteiger partial charge in [0.15, 0.2) is 0 Å². The van der Waals surface area contributed by atoms with Crippen molar-refractivity contribution in [2.75, 3.05) is 19.8 Å². The van der Waals surface area contributed by atoms with Gasteiger partial charge in [0.2, 0.25) is 0 Å². The van der Waals surface area contributed by atoms with E-state index in [-0.39, 0.29) is 11.5 Å². The Morgan fingerprint density at radius 3 is 2.69 bits per heavy atom. The first-order chi connectivity index (χ1) is 17.2. The summed E-state index contributed by atoms with van der Waals surface area (Å²) < 4.78 is 12.7. The SMILES string of the molecule is O=C(c1cnc2ccccn2c1=O)N(Cc1ccc(OCC2CCOC2)cc1)Cc1cccnc1. The van der Waals surface area contributed by atoms with E-state index in [9.17, 15) is 9.59 Å². The maximum Gasteiger partial charge on any atom is 0.270 e. The first-order valence-electron chi connectivity index (χ1n) is 11.6. The molecule has 0 aliphatic carbocycles. The molecule has 1 aliphatic rings. The molecule has 5 rings (SSSR count). The molecule has 1 unspecified atom stereocenters. The smallest absolute Gasteiger partial charge is 0.270 e. The largest absolute Gasteiger partial charge is 0.493 e. The second kappa shape index (κ2) is 10.5. The molecule has 3 aromatic heterocycles. The Labute approximate surface area is 202 Å². The van der Waals surface area contributed by atoms with E-state index in [1.54, 1.807) is 41.7 Å². The topological polar surface area (TPSA) is 86.0 Å². The molecule has 1 aliphatic heterocycles. The molecule has 4 aromatic rings. The molecule has 0 radical (unpaired) electrons. The highest BCUT2D eigenvalue weighted by Gasteiger charge is 2.21. The molecule has 178 valence electrons. The third-order valence-electron chi connectivity index (χ3n) is 6.03. The third kappa shape index (κ3) is 5.38. The zero-order valence-electron chi connectivity index (χ0n) is 19.2. The van der Waals surface area contributed by atoms with Crippen LogP contribution in [0.15, 0.2) is 84.2 Å². The van der Waals surface area contributed by atoms with Gasteiger partial charge in [0, 0.05) is 50.4 Å². The molecule has 8 nitrogen and oxygen atoms in total. The van der Waals surface area contributed by atoms with E-state index in [2.05, 4.69) is 9.97 Å². The Hall–Kier alpha value is -4.04. The number of hydrogen-bond donors (Lipinski definition) is 0. The minimum absolute atomic E-state index is 0.0244. The summed E-state index contributed by atoms with van der Waals surface area (Å²) in [6.45, 7) is 2.80. The molecule has 1 atom stereocenters. The fraction of sp³-hybridized carbons (Fsp3) is 0.259. The number of amides is 1. The van der Waals surface area contributed by atoms with Gasteiger partial charge in [-0.05, 0) is 47.9 Å². The summed E-state index contributed by atoms with van der Waals surface area (Å²) in [6, 6.07) is 16.7. The zero-order valence-corrected chi connectivity index (χ0v) is 19.2. The fourth-order valence-corrected chi connectivity index (χ4v) is 4.10. The van der Waals surface area contributed by atoms with E-state index >= 15 is 0 Å². The lowest BCUT2D eigenvalue weighted by atomic mass is 10.1. The molecule has 8 heteroatoms. The third-order valence-corrected chi connectivity index (χ3v) is 6.03. The van der Waals surface area contributed by atoms with Gasteiger partial charge in [-0.25, -0.2) is 4.98 Å². The van der Waals surface area contributed by atoms with Crippen molar-refractivity contribution in [1.29, 1.82) is 0 Å². The van der Waals surface area contributed by atoms with Crippen molar-refractivity contribution in [1.82, 2.24) is 19.3 Å². The van der Waals surface area contributed by atoms with Gasteiger partial charge < -0.3 is 14.4 Å². The van der Waals surface area contributed by atoms with Gasteiger partial charge >= 0.3 is 0 Å². The molecule has 1 saturated heterocycles. The molecule has 1 fully saturated rings. The molecule has 4 heterocycles. The second-order valence-corrected chi connectivity index (χ2v) is 8.61. The summed E-state index contributed by atoms with van der Waals surface area (Å²) in [5, 5.41) is 0. The van der Waals surface area contributed by atoms with Gasteiger partial charge in [-0.15, -0.1) is 0 Å². The second-order valence-electron chi connectivity index (χ2n) is 8.61. The number of fused-ring (bicyclic) bond motifs is 1. The molecule has 0 bridgehead atoms. The Morgan fingerprint density at radius 2 is 1.91 bits per heavy atom. The molecule has 0 spiro atoms. The molecule has 1 aromatic carbocycles. The van der Waals surface area contributed by atoms with Gasteiger partial charge in [0.25, 0.3) is 11.5 Å². The van der Waals surface area contributed by atoms with Gasteiger partial charge in [0.1, 0.15) is 17.0 Å². The monoisotopic (exact) mass is 470 g/mol. The van der Waals surface area contributed by atoms with Gasteiger partial charge in [0.05, 0.1) is 13.2 Å². The van der Waals surface area contributed by atoms with Crippen LogP contribution >= 0.6 is 0 Å². The highest BCUT2D eigenvalue weighted by atomic mass is 16.5. The van der Waals surface area contributed by atoms with Crippen molar-refractivity contribution >= 4 is 11.6 Å². The van der Waals surface area contributed by atoms with Crippen LogP contribution in [-0.4, -0.2) is 45.0 Å². The summed E-state index contributed by atoms with van der Waals surface area (Å²) in [5.74, 6) is 0.825. The lowest BCUT2D eigenvalue weighted by molar-refractivity contribution is 0.0727. The molecule has 35 heavy (non-hydrogen) atoms. The van der Waals surface area contributed by atoms with E-state index in [4.69, 9.17) is 9.47 Å². The zero-order chi connectivity index (χ0) is 24.0.